The minimum Gasteiger partial charge on any atom is -0.465 e. The number of carbonyl (C=O) groups is 3. The van der Waals surface area contributed by atoms with Gasteiger partial charge in [0.05, 0.1) is 31.2 Å². The molecule has 3 atom stereocenters. The second kappa shape index (κ2) is 9.61. The molecule has 14 heteroatoms. The summed E-state index contributed by atoms with van der Waals surface area (Å²) in [6.45, 7) is 0.576. The number of imide groups is 1. The molecule has 1 saturated heterocycles. The average molecular weight is 475 g/mol. The summed E-state index contributed by atoms with van der Waals surface area (Å²) < 4.78 is 93.2. The minimum absolute atomic E-state index is 0.0314. The molecule has 0 saturated carbocycles. The smallest absolute Gasteiger partial charge is 0.433 e. The molecule has 2 aliphatic heterocycles. The molecular weight excluding hydrogens is 454 g/mol. The lowest BCUT2D eigenvalue weighted by Crippen LogP contribution is -2.51. The summed E-state index contributed by atoms with van der Waals surface area (Å²) in [5, 5.41) is -6.39. The van der Waals surface area contributed by atoms with Gasteiger partial charge in [-0.1, -0.05) is 25.5 Å². The van der Waals surface area contributed by atoms with E-state index in [0.717, 1.165) is 0 Å². The number of esters is 1. The van der Waals surface area contributed by atoms with Crippen molar-refractivity contribution in [2.24, 2.45) is 5.92 Å². The van der Waals surface area contributed by atoms with Crippen LogP contribution in [0.25, 0.3) is 0 Å². The fraction of sp³-hybridized carbons (Fsp3) is 0.706. The molecular formula is C17H21F4NO8S. The Morgan fingerprint density at radius 1 is 1.26 bits per heavy atom. The Bertz CT molecular complexity index is 832. The van der Waals surface area contributed by atoms with Crippen molar-refractivity contribution in [3.8, 4) is 0 Å². The number of hydroxylamine groups is 2. The van der Waals surface area contributed by atoms with Crippen molar-refractivity contribution in [1.82, 2.24) is 5.06 Å². The van der Waals surface area contributed by atoms with E-state index in [1.807, 2.05) is 0 Å². The van der Waals surface area contributed by atoms with Crippen molar-refractivity contribution < 1.29 is 54.1 Å². The number of ether oxygens (including phenoxy) is 2. The summed E-state index contributed by atoms with van der Waals surface area (Å²) in [6, 6.07) is 0. The molecule has 0 aromatic carbocycles. The van der Waals surface area contributed by atoms with E-state index in [4.69, 9.17) is 4.74 Å². The van der Waals surface area contributed by atoms with Crippen molar-refractivity contribution in [1.29, 1.82) is 0 Å². The highest BCUT2D eigenvalue weighted by molar-refractivity contribution is 7.87. The van der Waals surface area contributed by atoms with Crippen molar-refractivity contribution >= 4 is 28.4 Å². The van der Waals surface area contributed by atoms with Crippen LogP contribution in [0.5, 0.6) is 0 Å². The first-order valence-corrected chi connectivity index (χ1v) is 10.7. The normalized spacial score (nSPS) is 23.1. The minimum atomic E-state index is -6.49. The van der Waals surface area contributed by atoms with Crippen LogP contribution >= 0.6 is 0 Å². The van der Waals surface area contributed by atoms with E-state index in [1.165, 1.54) is 6.08 Å². The molecule has 3 unspecified atom stereocenters. The van der Waals surface area contributed by atoms with Gasteiger partial charge in [-0.2, -0.15) is 26.0 Å². The average Bonchev–Trinajstić information content (AvgIpc) is 3.33. The Hall–Kier alpha value is -2.06. The van der Waals surface area contributed by atoms with Crippen LogP contribution < -0.4 is 0 Å². The van der Waals surface area contributed by atoms with Gasteiger partial charge in [0, 0.05) is 6.42 Å². The van der Waals surface area contributed by atoms with E-state index in [0.29, 0.717) is 12.8 Å². The molecule has 9 nitrogen and oxygen atoms in total. The number of halogens is 4. The van der Waals surface area contributed by atoms with Crippen LogP contribution in [0.2, 0.25) is 0 Å². The predicted octanol–water partition coefficient (Wildman–Crippen LogP) is 1.93. The monoisotopic (exact) mass is 475 g/mol. The maximum atomic E-state index is 14.1. The highest BCUT2D eigenvalue weighted by Crippen LogP contribution is 2.42. The summed E-state index contributed by atoms with van der Waals surface area (Å²) in [5.74, 6) is -8.57. The SMILES string of the molecule is CCCCC(=O)OCCC(F)(F)C(F)(F)S(=O)(=O)ON(C=O)C(=O)C1CC2C=CC1O2. The maximum absolute atomic E-state index is 14.1. The van der Waals surface area contributed by atoms with Crippen LogP contribution in [-0.2, 0) is 38.3 Å². The molecule has 0 radical (unpaired) electrons. The zero-order chi connectivity index (χ0) is 23.4. The van der Waals surface area contributed by atoms with Gasteiger partial charge in [-0.3, -0.25) is 14.4 Å². The first-order chi connectivity index (χ1) is 14.4. The Labute approximate surface area is 175 Å². The number of hydrogen-bond donors (Lipinski definition) is 0. The summed E-state index contributed by atoms with van der Waals surface area (Å²) in [6.07, 6.45) is 0.342. The van der Waals surface area contributed by atoms with E-state index < -0.39 is 75.8 Å². The molecule has 0 aliphatic carbocycles. The van der Waals surface area contributed by atoms with Crippen LogP contribution in [0.4, 0.5) is 17.6 Å². The van der Waals surface area contributed by atoms with Gasteiger partial charge >= 0.3 is 27.3 Å². The van der Waals surface area contributed by atoms with Gasteiger partial charge in [0.2, 0.25) is 6.41 Å². The first-order valence-electron chi connectivity index (χ1n) is 9.34. The summed E-state index contributed by atoms with van der Waals surface area (Å²) in [4.78, 5) is 34.6. The third-order valence-electron chi connectivity index (χ3n) is 4.69. The second-order valence-corrected chi connectivity index (χ2v) is 8.53. The Balaban J connectivity index is 2.03. The maximum Gasteiger partial charge on any atom is 0.433 e. The van der Waals surface area contributed by atoms with Gasteiger partial charge < -0.3 is 9.47 Å². The molecule has 2 aliphatic rings. The number of unbranched alkanes of at least 4 members (excludes halogenated alkanes) is 1. The number of rotatable bonds is 12. The second-order valence-electron chi connectivity index (χ2n) is 6.96. The molecule has 2 heterocycles. The lowest BCUT2D eigenvalue weighted by molar-refractivity contribution is -0.187. The van der Waals surface area contributed by atoms with Crippen molar-refractivity contribution in [3.05, 3.63) is 12.2 Å². The van der Waals surface area contributed by atoms with Gasteiger partial charge in [0.1, 0.15) is 0 Å². The molecule has 0 aromatic heterocycles. The first kappa shape index (κ1) is 25.2. The van der Waals surface area contributed by atoms with Gasteiger partial charge in [-0.05, 0) is 12.8 Å². The fourth-order valence-electron chi connectivity index (χ4n) is 2.95. The number of fused-ring (bicyclic) bond motifs is 2. The van der Waals surface area contributed by atoms with E-state index in [1.54, 1.807) is 13.0 Å². The fourth-order valence-corrected chi connectivity index (χ4v) is 3.83. The molecule has 31 heavy (non-hydrogen) atoms. The molecule has 176 valence electrons. The van der Waals surface area contributed by atoms with E-state index in [-0.39, 0.29) is 12.8 Å². The highest BCUT2D eigenvalue weighted by Gasteiger charge is 2.67. The summed E-state index contributed by atoms with van der Waals surface area (Å²) >= 11 is 0. The van der Waals surface area contributed by atoms with Crippen LogP contribution in [0.3, 0.4) is 0 Å². The van der Waals surface area contributed by atoms with E-state index in [9.17, 15) is 40.4 Å². The largest absolute Gasteiger partial charge is 0.465 e. The number of amides is 2. The zero-order valence-electron chi connectivity index (χ0n) is 16.3. The lowest BCUT2D eigenvalue weighted by atomic mass is 9.93. The lowest BCUT2D eigenvalue weighted by Gasteiger charge is -2.27. The predicted molar refractivity (Wildman–Crippen MR) is 93.8 cm³/mol. The zero-order valence-corrected chi connectivity index (χ0v) is 17.2. The highest BCUT2D eigenvalue weighted by atomic mass is 32.2. The number of hydrogen-bond acceptors (Lipinski definition) is 8. The Morgan fingerprint density at radius 3 is 2.45 bits per heavy atom. The number of carbonyl (C=O) groups excluding carboxylic acids is 3. The van der Waals surface area contributed by atoms with Crippen molar-refractivity contribution in [2.75, 3.05) is 6.61 Å². The quantitative estimate of drug-likeness (QED) is 0.138. The van der Waals surface area contributed by atoms with Crippen LogP contribution in [-0.4, -0.2) is 61.8 Å². The van der Waals surface area contributed by atoms with E-state index >= 15 is 0 Å². The van der Waals surface area contributed by atoms with Gasteiger partial charge in [-0.15, -0.1) is 9.35 Å². The third kappa shape index (κ3) is 5.41. The van der Waals surface area contributed by atoms with Crippen LogP contribution in [0.1, 0.15) is 39.0 Å². The van der Waals surface area contributed by atoms with E-state index in [2.05, 4.69) is 9.02 Å². The molecule has 2 rings (SSSR count). The number of nitrogens with zero attached hydrogens (tertiary/aromatic N) is 1. The number of alkyl halides is 4. The van der Waals surface area contributed by atoms with Gasteiger partial charge in [0.15, 0.2) is 0 Å². The Morgan fingerprint density at radius 2 is 1.94 bits per heavy atom. The third-order valence-corrected chi connectivity index (χ3v) is 5.98. The Kier molecular flexibility index (Phi) is 7.81. The van der Waals surface area contributed by atoms with Crippen molar-refractivity contribution in [3.63, 3.8) is 0 Å². The van der Waals surface area contributed by atoms with Crippen molar-refractivity contribution in [2.45, 2.75) is 62.4 Å². The molecule has 0 spiro atoms. The molecule has 2 bridgehead atoms. The van der Waals surface area contributed by atoms with Crippen LogP contribution in [0, 0.1) is 5.92 Å². The van der Waals surface area contributed by atoms with Crippen LogP contribution in [0.15, 0.2) is 12.2 Å². The molecule has 2 amide bonds. The molecule has 1 fully saturated rings. The van der Waals surface area contributed by atoms with Gasteiger partial charge in [0.25, 0.3) is 5.91 Å². The topological polar surface area (TPSA) is 116 Å². The van der Waals surface area contributed by atoms with Gasteiger partial charge in [-0.25, -0.2) is 0 Å². The summed E-state index contributed by atoms with van der Waals surface area (Å²) in [7, 11) is -6.49. The summed E-state index contributed by atoms with van der Waals surface area (Å²) in [5.41, 5.74) is 0. The molecule has 0 aromatic rings. The standard InChI is InChI=1S/C17H21F4NO8S/c1-2-3-4-14(24)28-8-7-16(18,19)17(20,21)31(26,27)30-22(10-23)15(25)12-9-11-5-6-13(12)29-11/h5-6,10-13H,2-4,7-9H2,1H3. The molecule has 0 N–H and O–H groups in total.